The molecule has 1 N–H and O–H groups in total. The molecule has 0 aliphatic carbocycles. The summed E-state index contributed by atoms with van der Waals surface area (Å²) in [6.45, 7) is 3.50. The van der Waals surface area contributed by atoms with Gasteiger partial charge in [0.1, 0.15) is 6.54 Å². The van der Waals surface area contributed by atoms with Crippen LogP contribution in [0, 0.1) is 13.8 Å². The van der Waals surface area contributed by atoms with Crippen molar-refractivity contribution in [2.45, 2.75) is 24.5 Å². The highest BCUT2D eigenvalue weighted by atomic mass is 32.2. The second-order valence-electron chi connectivity index (χ2n) is 7.41. The highest BCUT2D eigenvalue weighted by Crippen LogP contribution is 2.25. The van der Waals surface area contributed by atoms with Gasteiger partial charge in [0.05, 0.1) is 11.9 Å². The van der Waals surface area contributed by atoms with Gasteiger partial charge in [-0.3, -0.25) is 9.10 Å². The molecule has 0 heterocycles. The number of nitrogens with one attached hydrogen (secondary N) is 1. The van der Waals surface area contributed by atoms with E-state index < -0.39 is 15.9 Å². The quantitative estimate of drug-likeness (QED) is 0.487. The van der Waals surface area contributed by atoms with Crippen molar-refractivity contribution in [2.24, 2.45) is 0 Å². The molecule has 0 saturated heterocycles. The van der Waals surface area contributed by atoms with Gasteiger partial charge in [0.15, 0.2) is 0 Å². The molecule has 0 spiro atoms. The van der Waals surface area contributed by atoms with Gasteiger partial charge >= 0.3 is 0 Å². The predicted molar refractivity (Wildman–Crippen MR) is 129 cm³/mol. The smallest absolute Gasteiger partial charge is 0.245 e. The van der Waals surface area contributed by atoms with Gasteiger partial charge in [-0.15, -0.1) is 11.8 Å². The van der Waals surface area contributed by atoms with Crippen LogP contribution in [-0.4, -0.2) is 27.1 Å². The number of carbonyl (C=O) groups excluding carboxylic acids is 1. The lowest BCUT2D eigenvalue weighted by Gasteiger charge is -2.24. The van der Waals surface area contributed by atoms with Gasteiger partial charge < -0.3 is 5.32 Å². The lowest BCUT2D eigenvalue weighted by atomic mass is 10.1. The summed E-state index contributed by atoms with van der Waals surface area (Å²) in [5.41, 5.74) is 4.12. The summed E-state index contributed by atoms with van der Waals surface area (Å²) in [6, 6.07) is 23.2. The minimum Gasteiger partial charge on any atom is -0.325 e. The molecule has 1 amide bonds. The van der Waals surface area contributed by atoms with Crippen LogP contribution in [0.15, 0.2) is 77.7 Å². The molecule has 3 aromatic carbocycles. The first-order chi connectivity index (χ1) is 14.7. The Hall–Kier alpha value is -2.77. The number of benzene rings is 3. The fraction of sp³-hybridized carbons (Fsp3) is 0.208. The van der Waals surface area contributed by atoms with Crippen LogP contribution in [0.5, 0.6) is 0 Å². The number of carbonyl (C=O) groups is 1. The third kappa shape index (κ3) is 6.60. The molecule has 7 heteroatoms. The van der Waals surface area contributed by atoms with Crippen molar-refractivity contribution < 1.29 is 13.2 Å². The Bertz CT molecular complexity index is 1150. The Morgan fingerprint density at radius 2 is 1.65 bits per heavy atom. The maximum atomic E-state index is 12.6. The fourth-order valence-corrected chi connectivity index (χ4v) is 4.95. The maximum absolute atomic E-state index is 12.6. The zero-order valence-corrected chi connectivity index (χ0v) is 19.5. The predicted octanol–water partition coefficient (Wildman–Crippen LogP) is 5.00. The van der Waals surface area contributed by atoms with Crippen LogP contribution >= 0.6 is 11.8 Å². The van der Waals surface area contributed by atoms with E-state index in [0.29, 0.717) is 11.4 Å². The van der Waals surface area contributed by atoms with E-state index >= 15 is 0 Å². The zero-order chi connectivity index (χ0) is 22.4. The number of aryl methyl sites for hydroxylation is 2. The summed E-state index contributed by atoms with van der Waals surface area (Å²) in [7, 11) is -3.61. The van der Waals surface area contributed by atoms with Crippen molar-refractivity contribution in [1.82, 2.24) is 0 Å². The van der Waals surface area contributed by atoms with E-state index in [4.69, 9.17) is 0 Å². The highest BCUT2D eigenvalue weighted by Gasteiger charge is 2.22. The average Bonchev–Trinajstić information content (AvgIpc) is 2.72. The van der Waals surface area contributed by atoms with E-state index in [-0.39, 0.29) is 6.54 Å². The molecule has 0 aromatic heterocycles. The summed E-state index contributed by atoms with van der Waals surface area (Å²) in [6.07, 6.45) is 1.11. The van der Waals surface area contributed by atoms with Crippen LogP contribution in [0.4, 0.5) is 11.4 Å². The Labute approximate surface area is 188 Å². The van der Waals surface area contributed by atoms with Crippen LogP contribution in [-0.2, 0) is 20.6 Å². The van der Waals surface area contributed by atoms with E-state index in [1.165, 1.54) is 4.90 Å². The molecule has 0 saturated carbocycles. The van der Waals surface area contributed by atoms with Crippen molar-refractivity contribution in [2.75, 3.05) is 22.4 Å². The third-order valence-electron chi connectivity index (χ3n) is 4.69. The van der Waals surface area contributed by atoms with Crippen molar-refractivity contribution in [3.8, 4) is 0 Å². The number of nitrogens with zero attached hydrogens (tertiary/aromatic N) is 1. The number of amides is 1. The van der Waals surface area contributed by atoms with Crippen molar-refractivity contribution in [3.05, 3.63) is 89.5 Å². The number of sulfonamides is 1. The van der Waals surface area contributed by atoms with Crippen LogP contribution < -0.4 is 9.62 Å². The van der Waals surface area contributed by atoms with Gasteiger partial charge in [-0.05, 0) is 55.3 Å². The van der Waals surface area contributed by atoms with Crippen LogP contribution in [0.2, 0.25) is 0 Å². The van der Waals surface area contributed by atoms with E-state index in [1.54, 1.807) is 17.8 Å². The Morgan fingerprint density at radius 3 is 2.26 bits per heavy atom. The zero-order valence-electron chi connectivity index (χ0n) is 17.8. The number of hydrogen-bond acceptors (Lipinski definition) is 4. The molecule has 3 rings (SSSR count). The third-order valence-corrected chi connectivity index (χ3v) is 6.90. The summed E-state index contributed by atoms with van der Waals surface area (Å²) in [5.74, 6) is 0.434. The Kier molecular flexibility index (Phi) is 7.41. The SMILES string of the molecule is Cc1ccc(N(CC(=O)Nc2ccc(CSc3ccccc3)cc2)S(C)(=O)=O)c(C)c1. The van der Waals surface area contributed by atoms with Gasteiger partial charge in [0, 0.05) is 16.3 Å². The topological polar surface area (TPSA) is 66.5 Å². The molecule has 162 valence electrons. The average molecular weight is 455 g/mol. The number of hydrogen-bond donors (Lipinski definition) is 1. The molecule has 0 bridgehead atoms. The van der Waals surface area contributed by atoms with Gasteiger partial charge in [-0.1, -0.05) is 48.0 Å². The molecule has 0 aliphatic rings. The van der Waals surface area contributed by atoms with Gasteiger partial charge in [0.2, 0.25) is 15.9 Å². The molecule has 0 radical (unpaired) electrons. The van der Waals surface area contributed by atoms with Crippen molar-refractivity contribution in [1.29, 1.82) is 0 Å². The normalized spacial score (nSPS) is 11.2. The van der Waals surface area contributed by atoms with Gasteiger partial charge in [0.25, 0.3) is 0 Å². The highest BCUT2D eigenvalue weighted by molar-refractivity contribution is 7.98. The Morgan fingerprint density at radius 1 is 0.968 bits per heavy atom. The minimum atomic E-state index is -3.61. The van der Waals surface area contributed by atoms with Crippen LogP contribution in [0.25, 0.3) is 0 Å². The summed E-state index contributed by atoms with van der Waals surface area (Å²) < 4.78 is 25.8. The summed E-state index contributed by atoms with van der Waals surface area (Å²) >= 11 is 1.74. The number of anilines is 2. The van der Waals surface area contributed by atoms with Crippen molar-refractivity contribution >= 4 is 39.1 Å². The minimum absolute atomic E-state index is 0.283. The molecule has 3 aromatic rings. The molecule has 0 aliphatic heterocycles. The largest absolute Gasteiger partial charge is 0.325 e. The molecule has 0 atom stereocenters. The molecule has 5 nitrogen and oxygen atoms in total. The number of rotatable bonds is 8. The van der Waals surface area contributed by atoms with Crippen molar-refractivity contribution in [3.63, 3.8) is 0 Å². The lowest BCUT2D eigenvalue weighted by Crippen LogP contribution is -2.37. The van der Waals surface area contributed by atoms with Crippen LogP contribution in [0.3, 0.4) is 0 Å². The van der Waals surface area contributed by atoms with Crippen LogP contribution in [0.1, 0.15) is 16.7 Å². The fourth-order valence-electron chi connectivity index (χ4n) is 3.16. The maximum Gasteiger partial charge on any atom is 0.245 e. The summed E-state index contributed by atoms with van der Waals surface area (Å²) in [4.78, 5) is 13.8. The summed E-state index contributed by atoms with van der Waals surface area (Å²) in [5, 5.41) is 2.79. The molecular weight excluding hydrogens is 428 g/mol. The monoisotopic (exact) mass is 454 g/mol. The second-order valence-corrected chi connectivity index (χ2v) is 10.4. The van der Waals surface area contributed by atoms with Gasteiger partial charge in [-0.25, -0.2) is 8.42 Å². The van der Waals surface area contributed by atoms with E-state index in [2.05, 4.69) is 17.4 Å². The van der Waals surface area contributed by atoms with E-state index in [9.17, 15) is 13.2 Å². The first-order valence-electron chi connectivity index (χ1n) is 9.84. The molecular formula is C24H26N2O3S2. The second kappa shape index (κ2) is 10.0. The number of thioether (sulfide) groups is 1. The first kappa shape index (κ1) is 22.9. The first-order valence-corrected chi connectivity index (χ1v) is 12.7. The molecule has 0 unspecified atom stereocenters. The Balaban J connectivity index is 1.64. The molecule has 0 fully saturated rings. The molecule has 31 heavy (non-hydrogen) atoms. The lowest BCUT2D eigenvalue weighted by molar-refractivity contribution is -0.114. The van der Waals surface area contributed by atoms with E-state index in [1.807, 2.05) is 68.4 Å². The van der Waals surface area contributed by atoms with Gasteiger partial charge in [-0.2, -0.15) is 0 Å². The van der Waals surface area contributed by atoms with E-state index in [0.717, 1.165) is 33.0 Å². The standard InChI is InChI=1S/C24H26N2O3S2/c1-18-9-14-23(19(2)15-18)26(31(3,28)29)16-24(27)25-21-12-10-20(11-13-21)17-30-22-7-5-4-6-8-22/h4-15H,16-17H2,1-3H3,(H,25,27).